The van der Waals surface area contributed by atoms with Gasteiger partial charge in [-0.2, -0.15) is 0 Å². The van der Waals surface area contributed by atoms with Gasteiger partial charge in [0.15, 0.2) is 0 Å². The van der Waals surface area contributed by atoms with Crippen molar-refractivity contribution in [3.63, 3.8) is 0 Å². The Bertz CT molecular complexity index is 885. The van der Waals surface area contributed by atoms with Gasteiger partial charge in [0.2, 0.25) is 15.9 Å². The van der Waals surface area contributed by atoms with E-state index in [1.54, 1.807) is 24.3 Å². The Hall–Kier alpha value is -2.25. The lowest BCUT2D eigenvalue weighted by Gasteiger charge is -2.22. The number of anilines is 1. The van der Waals surface area contributed by atoms with Crippen LogP contribution < -0.4 is 14.4 Å². The van der Waals surface area contributed by atoms with Crippen molar-refractivity contribution in [1.29, 1.82) is 0 Å². The third kappa shape index (κ3) is 6.73. The van der Waals surface area contributed by atoms with Crippen molar-refractivity contribution < 1.29 is 17.9 Å². The lowest BCUT2D eigenvalue weighted by Crippen LogP contribution is -2.40. The summed E-state index contributed by atoms with van der Waals surface area (Å²) < 4.78 is 30.7. The van der Waals surface area contributed by atoms with Gasteiger partial charge in [0, 0.05) is 11.6 Å². The molecule has 8 heteroatoms. The molecule has 2 aromatic carbocycles. The minimum absolute atomic E-state index is 0.279. The molecule has 0 aromatic heterocycles. The number of hydrogen-bond acceptors (Lipinski definition) is 4. The van der Waals surface area contributed by atoms with E-state index in [0.717, 1.165) is 22.5 Å². The van der Waals surface area contributed by atoms with E-state index in [1.165, 1.54) is 0 Å². The molecule has 1 amide bonds. The van der Waals surface area contributed by atoms with Crippen LogP contribution in [-0.4, -0.2) is 40.3 Å². The molecule has 0 spiro atoms. The number of nitrogens with zero attached hydrogens (tertiary/aromatic N) is 1. The largest absolute Gasteiger partial charge is 0.494 e. The molecule has 0 aliphatic carbocycles. The van der Waals surface area contributed by atoms with Crippen molar-refractivity contribution in [3.05, 3.63) is 59.1 Å². The van der Waals surface area contributed by atoms with E-state index in [0.29, 0.717) is 36.0 Å². The predicted octanol–water partition coefficient (Wildman–Crippen LogP) is 3.25. The Morgan fingerprint density at radius 1 is 1.14 bits per heavy atom. The molecular formula is C20H25ClN2O4S. The maximum absolute atomic E-state index is 12.3. The van der Waals surface area contributed by atoms with E-state index in [9.17, 15) is 13.2 Å². The van der Waals surface area contributed by atoms with E-state index in [4.69, 9.17) is 16.3 Å². The molecule has 0 aliphatic rings. The smallest absolute Gasteiger partial charge is 0.240 e. The van der Waals surface area contributed by atoms with Gasteiger partial charge in [0.05, 0.1) is 18.6 Å². The van der Waals surface area contributed by atoms with Gasteiger partial charge in [0.25, 0.3) is 0 Å². The van der Waals surface area contributed by atoms with E-state index in [2.05, 4.69) is 5.32 Å². The molecule has 0 saturated heterocycles. The van der Waals surface area contributed by atoms with Crippen LogP contribution in [0.2, 0.25) is 5.02 Å². The summed E-state index contributed by atoms with van der Waals surface area (Å²) in [5.41, 5.74) is 1.43. The Morgan fingerprint density at radius 3 is 2.43 bits per heavy atom. The minimum atomic E-state index is -3.60. The number of sulfonamides is 1. The van der Waals surface area contributed by atoms with Gasteiger partial charge >= 0.3 is 0 Å². The zero-order valence-corrected chi connectivity index (χ0v) is 17.6. The molecule has 2 aromatic rings. The number of amides is 1. The fraction of sp³-hybridized carbons (Fsp3) is 0.350. The van der Waals surface area contributed by atoms with Crippen molar-refractivity contribution in [2.45, 2.75) is 19.8 Å². The number of hydrogen-bond donors (Lipinski definition) is 1. The summed E-state index contributed by atoms with van der Waals surface area (Å²) in [4.78, 5) is 12.3. The first-order valence-electron chi connectivity index (χ1n) is 9.02. The quantitative estimate of drug-likeness (QED) is 0.594. The average molecular weight is 425 g/mol. The van der Waals surface area contributed by atoms with Gasteiger partial charge < -0.3 is 10.1 Å². The molecule has 6 nitrogen and oxygen atoms in total. The zero-order chi connectivity index (χ0) is 20.6. The van der Waals surface area contributed by atoms with Crippen molar-refractivity contribution in [3.8, 4) is 5.75 Å². The molecular weight excluding hydrogens is 400 g/mol. The Labute approximate surface area is 171 Å². The average Bonchev–Trinajstić information content (AvgIpc) is 2.65. The summed E-state index contributed by atoms with van der Waals surface area (Å²) in [6.07, 6.45) is 2.51. The molecule has 0 fully saturated rings. The SMILES string of the molecule is CCOc1ccc(N(CC(=O)NCCCc2ccccc2Cl)S(C)(=O)=O)cc1. The van der Waals surface area contributed by atoms with Gasteiger partial charge in [-0.15, -0.1) is 0 Å². The summed E-state index contributed by atoms with van der Waals surface area (Å²) >= 11 is 6.11. The van der Waals surface area contributed by atoms with Crippen molar-refractivity contribution in [1.82, 2.24) is 5.32 Å². The first-order valence-corrected chi connectivity index (χ1v) is 11.2. The lowest BCUT2D eigenvalue weighted by molar-refractivity contribution is -0.119. The van der Waals surface area contributed by atoms with Crippen LogP contribution in [0, 0.1) is 0 Å². The van der Waals surface area contributed by atoms with Crippen LogP contribution in [0.15, 0.2) is 48.5 Å². The number of rotatable bonds is 10. The molecule has 0 atom stereocenters. The zero-order valence-electron chi connectivity index (χ0n) is 16.0. The fourth-order valence-electron chi connectivity index (χ4n) is 2.67. The molecule has 0 radical (unpaired) electrons. The first kappa shape index (κ1) is 22.0. The first-order chi connectivity index (χ1) is 13.3. The number of aryl methyl sites for hydroxylation is 1. The lowest BCUT2D eigenvalue weighted by atomic mass is 10.1. The van der Waals surface area contributed by atoms with E-state index < -0.39 is 10.0 Å². The number of nitrogens with one attached hydrogen (secondary N) is 1. The maximum atomic E-state index is 12.3. The fourth-order valence-corrected chi connectivity index (χ4v) is 3.76. The Balaban J connectivity index is 1.91. The highest BCUT2D eigenvalue weighted by Gasteiger charge is 2.20. The minimum Gasteiger partial charge on any atom is -0.494 e. The summed E-state index contributed by atoms with van der Waals surface area (Å²) in [6, 6.07) is 14.2. The predicted molar refractivity (Wildman–Crippen MR) is 113 cm³/mol. The third-order valence-corrected chi connectivity index (χ3v) is 5.54. The monoisotopic (exact) mass is 424 g/mol. The molecule has 0 unspecified atom stereocenters. The summed E-state index contributed by atoms with van der Waals surface area (Å²) in [7, 11) is -3.60. The van der Waals surface area contributed by atoms with Crippen LogP contribution in [0.3, 0.4) is 0 Å². The van der Waals surface area contributed by atoms with Crippen LogP contribution in [-0.2, 0) is 21.2 Å². The molecule has 0 heterocycles. The highest BCUT2D eigenvalue weighted by atomic mass is 35.5. The van der Waals surface area contributed by atoms with E-state index >= 15 is 0 Å². The standard InChI is InChI=1S/C20H25ClN2O4S/c1-3-27-18-12-10-17(11-13-18)23(28(2,25)26)15-20(24)22-14-6-8-16-7-4-5-9-19(16)21/h4-5,7,9-13H,3,6,8,14-15H2,1-2H3,(H,22,24). The number of benzene rings is 2. The summed E-state index contributed by atoms with van der Waals surface area (Å²) in [5, 5.41) is 3.47. The highest BCUT2D eigenvalue weighted by Crippen LogP contribution is 2.21. The molecule has 0 bridgehead atoms. The van der Waals surface area contributed by atoms with Gasteiger partial charge in [0.1, 0.15) is 12.3 Å². The maximum Gasteiger partial charge on any atom is 0.240 e. The van der Waals surface area contributed by atoms with Crippen LogP contribution in [0.1, 0.15) is 18.9 Å². The normalized spacial score (nSPS) is 11.1. The Kier molecular flexibility index (Phi) is 8.14. The van der Waals surface area contributed by atoms with Crippen molar-refractivity contribution in [2.75, 3.05) is 30.3 Å². The second-order valence-corrected chi connectivity index (χ2v) is 8.56. The Morgan fingerprint density at radius 2 is 1.82 bits per heavy atom. The van der Waals surface area contributed by atoms with E-state index in [1.807, 2.05) is 31.2 Å². The van der Waals surface area contributed by atoms with Crippen LogP contribution in [0.25, 0.3) is 0 Å². The topological polar surface area (TPSA) is 75.7 Å². The summed E-state index contributed by atoms with van der Waals surface area (Å²) in [5.74, 6) is 0.280. The second-order valence-electron chi connectivity index (χ2n) is 6.24. The molecule has 0 aliphatic heterocycles. The molecule has 1 N–H and O–H groups in total. The highest BCUT2D eigenvalue weighted by molar-refractivity contribution is 7.92. The number of halogens is 1. The van der Waals surface area contributed by atoms with Crippen molar-refractivity contribution in [2.24, 2.45) is 0 Å². The van der Waals surface area contributed by atoms with Gasteiger partial charge in [-0.1, -0.05) is 29.8 Å². The van der Waals surface area contributed by atoms with Gasteiger partial charge in [-0.25, -0.2) is 8.42 Å². The number of ether oxygens (including phenoxy) is 1. The molecule has 152 valence electrons. The van der Waals surface area contributed by atoms with Gasteiger partial charge in [-0.05, 0) is 55.7 Å². The van der Waals surface area contributed by atoms with Gasteiger partial charge in [-0.3, -0.25) is 9.10 Å². The summed E-state index contributed by atoms with van der Waals surface area (Å²) in [6.45, 7) is 2.54. The second kappa shape index (κ2) is 10.3. The van der Waals surface area contributed by atoms with Crippen molar-refractivity contribution >= 4 is 33.2 Å². The van der Waals surface area contributed by atoms with Crippen LogP contribution in [0.4, 0.5) is 5.69 Å². The number of carbonyl (C=O) groups is 1. The van der Waals surface area contributed by atoms with Crippen LogP contribution in [0.5, 0.6) is 5.75 Å². The molecule has 2 rings (SSSR count). The number of carbonyl (C=O) groups excluding carboxylic acids is 1. The third-order valence-electron chi connectivity index (χ3n) is 4.03. The van der Waals surface area contributed by atoms with Crippen LogP contribution >= 0.6 is 11.6 Å². The van der Waals surface area contributed by atoms with E-state index in [-0.39, 0.29) is 12.5 Å². The molecule has 28 heavy (non-hydrogen) atoms. The molecule has 0 saturated carbocycles.